The van der Waals surface area contributed by atoms with Crippen LogP contribution in [0.4, 0.5) is 5.69 Å². The maximum Gasteiger partial charge on any atom is 0.343 e. The van der Waals surface area contributed by atoms with Gasteiger partial charge in [-0.05, 0) is 66.1 Å². The van der Waals surface area contributed by atoms with Crippen molar-refractivity contribution in [3.63, 3.8) is 0 Å². The van der Waals surface area contributed by atoms with Crippen molar-refractivity contribution in [1.82, 2.24) is 0 Å². The molecule has 154 valence electrons. The van der Waals surface area contributed by atoms with E-state index in [0.717, 1.165) is 23.3 Å². The van der Waals surface area contributed by atoms with E-state index in [4.69, 9.17) is 9.47 Å². The number of carbonyl (C=O) groups excluding carboxylic acids is 2. The zero-order valence-corrected chi connectivity index (χ0v) is 17.3. The Kier molecular flexibility index (Phi) is 6.86. The number of ether oxygens (including phenoxy) is 2. The van der Waals surface area contributed by atoms with Gasteiger partial charge in [0, 0.05) is 11.6 Å². The molecule has 0 spiro atoms. The molecule has 3 aromatic carbocycles. The Morgan fingerprint density at radius 1 is 0.833 bits per heavy atom. The van der Waals surface area contributed by atoms with Gasteiger partial charge >= 0.3 is 5.97 Å². The van der Waals surface area contributed by atoms with Crippen molar-refractivity contribution in [3.05, 3.63) is 78.4 Å². The molecule has 1 unspecified atom stereocenters. The first-order chi connectivity index (χ1) is 14.5. The Labute approximate surface area is 176 Å². The van der Waals surface area contributed by atoms with Crippen molar-refractivity contribution in [2.24, 2.45) is 5.92 Å². The van der Waals surface area contributed by atoms with Crippen LogP contribution in [0.1, 0.15) is 30.6 Å². The standard InChI is InChI=1S/C25H25NO4/c1-4-17(2)24(27)26-21-11-5-20(6-12-21)25(28)30-23-15-9-19(10-16-23)18-7-13-22(29-3)14-8-18/h5-17H,4H2,1-3H3,(H,26,27). The van der Waals surface area contributed by atoms with Crippen LogP contribution >= 0.6 is 0 Å². The van der Waals surface area contributed by atoms with E-state index >= 15 is 0 Å². The molecule has 0 bridgehead atoms. The highest BCUT2D eigenvalue weighted by atomic mass is 16.5. The van der Waals surface area contributed by atoms with Crippen molar-refractivity contribution >= 4 is 17.6 Å². The molecule has 5 heteroatoms. The Morgan fingerprint density at radius 2 is 1.37 bits per heavy atom. The third-order valence-corrected chi connectivity index (χ3v) is 4.94. The number of esters is 1. The van der Waals surface area contributed by atoms with E-state index < -0.39 is 5.97 Å². The molecule has 0 aliphatic heterocycles. The van der Waals surface area contributed by atoms with E-state index in [9.17, 15) is 9.59 Å². The second-order valence-corrected chi connectivity index (χ2v) is 7.02. The minimum atomic E-state index is -0.452. The zero-order valence-electron chi connectivity index (χ0n) is 17.3. The monoisotopic (exact) mass is 403 g/mol. The van der Waals surface area contributed by atoms with E-state index in [1.807, 2.05) is 50.2 Å². The molecule has 3 rings (SSSR count). The van der Waals surface area contributed by atoms with Gasteiger partial charge in [0.15, 0.2) is 0 Å². The summed E-state index contributed by atoms with van der Waals surface area (Å²) in [5.74, 6) is 0.716. The van der Waals surface area contributed by atoms with Crippen LogP contribution in [0.25, 0.3) is 11.1 Å². The lowest BCUT2D eigenvalue weighted by atomic mass is 10.1. The molecule has 0 saturated heterocycles. The first-order valence-electron chi connectivity index (χ1n) is 9.87. The number of anilines is 1. The van der Waals surface area contributed by atoms with Gasteiger partial charge < -0.3 is 14.8 Å². The average molecular weight is 403 g/mol. The molecular formula is C25H25NO4. The van der Waals surface area contributed by atoms with Gasteiger partial charge in [0.05, 0.1) is 12.7 Å². The summed E-state index contributed by atoms with van der Waals surface area (Å²) in [6.45, 7) is 3.84. The molecule has 1 N–H and O–H groups in total. The lowest BCUT2D eigenvalue weighted by Gasteiger charge is -2.10. The van der Waals surface area contributed by atoms with Crippen molar-refractivity contribution in [2.75, 3.05) is 12.4 Å². The van der Waals surface area contributed by atoms with E-state index in [0.29, 0.717) is 17.0 Å². The highest BCUT2D eigenvalue weighted by Gasteiger charge is 2.12. The van der Waals surface area contributed by atoms with Crippen LogP contribution < -0.4 is 14.8 Å². The first kappa shape index (κ1) is 21.1. The van der Waals surface area contributed by atoms with Crippen LogP contribution in [0.3, 0.4) is 0 Å². The van der Waals surface area contributed by atoms with Crippen molar-refractivity contribution in [2.45, 2.75) is 20.3 Å². The van der Waals surface area contributed by atoms with Gasteiger partial charge in [0.1, 0.15) is 11.5 Å². The van der Waals surface area contributed by atoms with E-state index in [1.165, 1.54) is 0 Å². The predicted octanol–water partition coefficient (Wildman–Crippen LogP) is 5.57. The number of rotatable bonds is 7. The molecule has 0 heterocycles. The molecule has 0 saturated carbocycles. The molecule has 0 aliphatic carbocycles. The topological polar surface area (TPSA) is 64.6 Å². The van der Waals surface area contributed by atoms with Crippen LogP contribution in [0.2, 0.25) is 0 Å². The number of hydrogen-bond acceptors (Lipinski definition) is 4. The number of hydrogen-bond donors (Lipinski definition) is 1. The number of nitrogens with one attached hydrogen (secondary N) is 1. The van der Waals surface area contributed by atoms with Crippen molar-refractivity contribution < 1.29 is 19.1 Å². The number of benzene rings is 3. The van der Waals surface area contributed by atoms with Gasteiger partial charge in [-0.2, -0.15) is 0 Å². The summed E-state index contributed by atoms with van der Waals surface area (Å²) in [6, 6.07) is 21.7. The summed E-state index contributed by atoms with van der Waals surface area (Å²) in [6.07, 6.45) is 0.771. The molecule has 5 nitrogen and oxygen atoms in total. The Morgan fingerprint density at radius 3 is 1.87 bits per heavy atom. The fourth-order valence-electron chi connectivity index (χ4n) is 2.81. The minimum absolute atomic E-state index is 0.0372. The second kappa shape index (κ2) is 9.74. The molecule has 30 heavy (non-hydrogen) atoms. The fraction of sp³-hybridized carbons (Fsp3) is 0.200. The molecule has 0 aliphatic rings. The average Bonchev–Trinajstić information content (AvgIpc) is 2.79. The molecule has 0 fully saturated rings. The summed E-state index contributed by atoms with van der Waals surface area (Å²) in [5.41, 5.74) is 3.12. The summed E-state index contributed by atoms with van der Waals surface area (Å²) < 4.78 is 10.6. The SMILES string of the molecule is CCC(C)C(=O)Nc1ccc(C(=O)Oc2ccc(-c3ccc(OC)cc3)cc2)cc1. The van der Waals surface area contributed by atoms with Crippen LogP contribution in [-0.2, 0) is 4.79 Å². The molecular weight excluding hydrogens is 378 g/mol. The summed E-state index contributed by atoms with van der Waals surface area (Å²) >= 11 is 0. The quantitative estimate of drug-likeness (QED) is 0.414. The minimum Gasteiger partial charge on any atom is -0.497 e. The summed E-state index contributed by atoms with van der Waals surface area (Å²) in [4.78, 5) is 24.4. The number of carbonyl (C=O) groups is 2. The van der Waals surface area contributed by atoms with Gasteiger partial charge in [-0.1, -0.05) is 38.1 Å². The smallest absolute Gasteiger partial charge is 0.343 e. The lowest BCUT2D eigenvalue weighted by Crippen LogP contribution is -2.19. The third kappa shape index (κ3) is 5.26. The first-order valence-corrected chi connectivity index (χ1v) is 9.87. The van der Waals surface area contributed by atoms with Crippen LogP contribution in [0, 0.1) is 5.92 Å². The van der Waals surface area contributed by atoms with E-state index in [1.54, 1.807) is 43.5 Å². The Hall–Kier alpha value is -3.60. The molecule has 1 amide bonds. The van der Waals surface area contributed by atoms with Gasteiger partial charge in [-0.3, -0.25) is 4.79 Å². The predicted molar refractivity (Wildman–Crippen MR) is 118 cm³/mol. The van der Waals surface area contributed by atoms with Crippen LogP contribution in [0.15, 0.2) is 72.8 Å². The van der Waals surface area contributed by atoms with E-state index in [2.05, 4.69) is 5.32 Å². The normalized spacial score (nSPS) is 11.4. The van der Waals surface area contributed by atoms with Crippen molar-refractivity contribution in [3.8, 4) is 22.6 Å². The molecule has 0 radical (unpaired) electrons. The maximum atomic E-state index is 12.4. The van der Waals surface area contributed by atoms with Gasteiger partial charge in [-0.15, -0.1) is 0 Å². The van der Waals surface area contributed by atoms with E-state index in [-0.39, 0.29) is 11.8 Å². The largest absolute Gasteiger partial charge is 0.497 e. The van der Waals surface area contributed by atoms with Crippen molar-refractivity contribution in [1.29, 1.82) is 0 Å². The summed E-state index contributed by atoms with van der Waals surface area (Å²) in [5, 5.41) is 2.84. The highest BCUT2D eigenvalue weighted by Crippen LogP contribution is 2.25. The summed E-state index contributed by atoms with van der Waals surface area (Å²) in [7, 11) is 1.63. The highest BCUT2D eigenvalue weighted by molar-refractivity contribution is 5.94. The van der Waals surface area contributed by atoms with Gasteiger partial charge in [0.25, 0.3) is 0 Å². The van der Waals surface area contributed by atoms with Crippen LogP contribution in [-0.4, -0.2) is 19.0 Å². The Balaban J connectivity index is 1.62. The third-order valence-electron chi connectivity index (χ3n) is 4.94. The second-order valence-electron chi connectivity index (χ2n) is 7.02. The zero-order chi connectivity index (χ0) is 21.5. The van der Waals surface area contributed by atoms with Gasteiger partial charge in [0.2, 0.25) is 5.91 Å². The molecule has 0 aromatic heterocycles. The fourth-order valence-corrected chi connectivity index (χ4v) is 2.81. The van der Waals surface area contributed by atoms with Gasteiger partial charge in [-0.25, -0.2) is 4.79 Å². The molecule has 3 aromatic rings. The van der Waals surface area contributed by atoms with Crippen LogP contribution in [0.5, 0.6) is 11.5 Å². The maximum absolute atomic E-state index is 12.4. The number of methoxy groups -OCH3 is 1. The lowest BCUT2D eigenvalue weighted by molar-refractivity contribution is -0.119. The molecule has 1 atom stereocenters. The Bertz CT molecular complexity index is 993. The number of amides is 1.